The second-order valence-electron chi connectivity index (χ2n) is 4.00. The Morgan fingerprint density at radius 1 is 1.39 bits per heavy atom. The molecule has 0 saturated carbocycles. The Balaban J connectivity index is 1.96. The molecule has 0 radical (unpaired) electrons. The van der Waals surface area contributed by atoms with E-state index in [9.17, 15) is 9.59 Å². The summed E-state index contributed by atoms with van der Waals surface area (Å²) in [7, 11) is 1.76. The summed E-state index contributed by atoms with van der Waals surface area (Å²) in [6.07, 6.45) is 2.30. The van der Waals surface area contributed by atoms with E-state index in [4.69, 9.17) is 0 Å². The quantitative estimate of drug-likeness (QED) is 0.912. The molecule has 0 aliphatic heterocycles. The van der Waals surface area contributed by atoms with Gasteiger partial charge in [-0.05, 0) is 23.9 Å². The van der Waals surface area contributed by atoms with E-state index in [0.717, 1.165) is 6.42 Å². The summed E-state index contributed by atoms with van der Waals surface area (Å²) in [6, 6.07) is 6.97. The molecule has 0 fully saturated rings. The second kappa shape index (κ2) is 5.64. The minimum absolute atomic E-state index is 0.0807. The number of aromatic amines is 1. The number of rotatable bonds is 4. The smallest absolute Gasteiger partial charge is 0.255 e. The molecule has 94 valence electrons. The molecule has 18 heavy (non-hydrogen) atoms. The number of nitrogens with one attached hydrogen (secondary N) is 1. The van der Waals surface area contributed by atoms with Gasteiger partial charge in [0.2, 0.25) is 5.56 Å². The van der Waals surface area contributed by atoms with Crippen LogP contribution in [0.2, 0.25) is 0 Å². The Kier molecular flexibility index (Phi) is 3.94. The van der Waals surface area contributed by atoms with E-state index >= 15 is 0 Å². The predicted octanol–water partition coefficient (Wildman–Crippen LogP) is 1.75. The van der Waals surface area contributed by atoms with Gasteiger partial charge in [-0.3, -0.25) is 9.59 Å². The first-order chi connectivity index (χ1) is 8.66. The van der Waals surface area contributed by atoms with Gasteiger partial charge in [-0.15, -0.1) is 11.3 Å². The average Bonchev–Trinajstić information content (AvgIpc) is 2.89. The average molecular weight is 262 g/mol. The fourth-order valence-electron chi connectivity index (χ4n) is 1.60. The standard InChI is InChI=1S/C13H14N2O2S/c1-15(7-6-11-3-2-8-18-11)13(17)10-4-5-12(16)14-9-10/h2-5,8-9H,6-7H2,1H3,(H,14,16). The van der Waals surface area contributed by atoms with Crippen molar-refractivity contribution in [2.24, 2.45) is 0 Å². The van der Waals surface area contributed by atoms with Crippen molar-refractivity contribution in [1.29, 1.82) is 0 Å². The number of amides is 1. The van der Waals surface area contributed by atoms with E-state index in [0.29, 0.717) is 12.1 Å². The van der Waals surface area contributed by atoms with Gasteiger partial charge in [0, 0.05) is 30.7 Å². The fraction of sp³-hybridized carbons (Fsp3) is 0.231. The molecular weight excluding hydrogens is 248 g/mol. The lowest BCUT2D eigenvalue weighted by Crippen LogP contribution is -2.29. The second-order valence-corrected chi connectivity index (χ2v) is 5.03. The van der Waals surface area contributed by atoms with Crippen molar-refractivity contribution in [3.05, 3.63) is 56.6 Å². The highest BCUT2D eigenvalue weighted by Gasteiger charge is 2.11. The van der Waals surface area contributed by atoms with Gasteiger partial charge >= 0.3 is 0 Å². The maximum Gasteiger partial charge on any atom is 0.255 e. The van der Waals surface area contributed by atoms with E-state index < -0.39 is 0 Å². The van der Waals surface area contributed by atoms with Crippen molar-refractivity contribution in [2.45, 2.75) is 6.42 Å². The molecular formula is C13H14N2O2S. The number of carbonyl (C=O) groups excluding carboxylic acids is 1. The van der Waals surface area contributed by atoms with Crippen LogP contribution >= 0.6 is 11.3 Å². The van der Waals surface area contributed by atoms with Crippen LogP contribution in [-0.2, 0) is 6.42 Å². The highest BCUT2D eigenvalue weighted by Crippen LogP contribution is 2.10. The molecule has 0 bridgehead atoms. The molecule has 4 nitrogen and oxygen atoms in total. The SMILES string of the molecule is CN(CCc1cccs1)C(=O)c1ccc(=O)[nH]c1. The van der Waals surface area contributed by atoms with Crippen molar-refractivity contribution in [3.8, 4) is 0 Å². The molecule has 0 aliphatic rings. The Hall–Kier alpha value is -1.88. The minimum atomic E-state index is -0.201. The van der Waals surface area contributed by atoms with Crippen molar-refractivity contribution in [2.75, 3.05) is 13.6 Å². The first kappa shape index (κ1) is 12.6. The van der Waals surface area contributed by atoms with E-state index in [2.05, 4.69) is 11.1 Å². The largest absolute Gasteiger partial charge is 0.341 e. The lowest BCUT2D eigenvalue weighted by molar-refractivity contribution is 0.0796. The predicted molar refractivity (Wildman–Crippen MR) is 72.0 cm³/mol. The lowest BCUT2D eigenvalue weighted by Gasteiger charge is -2.16. The number of carbonyl (C=O) groups is 1. The number of thiophene rings is 1. The van der Waals surface area contributed by atoms with E-state index in [1.165, 1.54) is 17.1 Å². The summed E-state index contributed by atoms with van der Waals surface area (Å²) >= 11 is 1.69. The first-order valence-corrected chi connectivity index (χ1v) is 6.51. The zero-order chi connectivity index (χ0) is 13.0. The Morgan fingerprint density at radius 2 is 2.22 bits per heavy atom. The molecule has 0 aromatic carbocycles. The molecule has 2 heterocycles. The number of likely N-dealkylation sites (N-methyl/N-ethyl adjacent to an activating group) is 1. The molecule has 2 aromatic rings. The number of aromatic nitrogens is 1. The molecule has 5 heteroatoms. The van der Waals surface area contributed by atoms with Gasteiger partial charge in [-0.1, -0.05) is 6.07 Å². The van der Waals surface area contributed by atoms with Gasteiger partial charge < -0.3 is 9.88 Å². The van der Waals surface area contributed by atoms with Crippen molar-refractivity contribution >= 4 is 17.2 Å². The Bertz CT molecular complexity index is 554. The maximum absolute atomic E-state index is 12.0. The monoisotopic (exact) mass is 262 g/mol. The third-order valence-corrected chi connectivity index (χ3v) is 3.59. The molecule has 2 rings (SSSR count). The third-order valence-electron chi connectivity index (χ3n) is 2.65. The highest BCUT2D eigenvalue weighted by molar-refractivity contribution is 7.09. The van der Waals surface area contributed by atoms with Crippen LogP contribution in [0.3, 0.4) is 0 Å². The van der Waals surface area contributed by atoms with Crippen LogP contribution in [0.25, 0.3) is 0 Å². The van der Waals surface area contributed by atoms with Gasteiger partial charge in [0.1, 0.15) is 0 Å². The summed E-state index contributed by atoms with van der Waals surface area (Å²) in [5, 5.41) is 2.03. The summed E-state index contributed by atoms with van der Waals surface area (Å²) in [5.41, 5.74) is 0.302. The van der Waals surface area contributed by atoms with E-state index in [-0.39, 0.29) is 11.5 Å². The first-order valence-electron chi connectivity index (χ1n) is 5.63. The number of pyridine rings is 1. The van der Waals surface area contributed by atoms with Crippen molar-refractivity contribution < 1.29 is 4.79 Å². The lowest BCUT2D eigenvalue weighted by atomic mass is 10.2. The zero-order valence-electron chi connectivity index (χ0n) is 10.1. The van der Waals surface area contributed by atoms with Gasteiger partial charge in [-0.2, -0.15) is 0 Å². The summed E-state index contributed by atoms with van der Waals surface area (Å²) < 4.78 is 0. The fourth-order valence-corrected chi connectivity index (χ4v) is 2.30. The van der Waals surface area contributed by atoms with Gasteiger partial charge in [0.15, 0.2) is 0 Å². The molecule has 0 unspecified atom stereocenters. The minimum Gasteiger partial charge on any atom is -0.341 e. The number of hydrogen-bond acceptors (Lipinski definition) is 3. The summed E-state index contributed by atoms with van der Waals surface area (Å²) in [5.74, 6) is -0.0807. The number of nitrogens with zero attached hydrogens (tertiary/aromatic N) is 1. The van der Waals surface area contributed by atoms with Crippen molar-refractivity contribution in [3.63, 3.8) is 0 Å². The van der Waals surface area contributed by atoms with Gasteiger partial charge in [0.25, 0.3) is 5.91 Å². The van der Waals surface area contributed by atoms with Crippen LogP contribution in [0.1, 0.15) is 15.2 Å². The van der Waals surface area contributed by atoms with Gasteiger partial charge in [0.05, 0.1) is 5.56 Å². The number of hydrogen-bond donors (Lipinski definition) is 1. The van der Waals surface area contributed by atoms with Crippen LogP contribution in [-0.4, -0.2) is 29.4 Å². The molecule has 0 aliphatic carbocycles. The van der Waals surface area contributed by atoms with E-state index in [1.54, 1.807) is 29.4 Å². The maximum atomic E-state index is 12.0. The van der Waals surface area contributed by atoms with Crippen molar-refractivity contribution in [1.82, 2.24) is 9.88 Å². The number of H-pyrrole nitrogens is 1. The summed E-state index contributed by atoms with van der Waals surface area (Å²) in [6.45, 7) is 0.665. The summed E-state index contributed by atoms with van der Waals surface area (Å²) in [4.78, 5) is 28.4. The van der Waals surface area contributed by atoms with Crippen LogP contribution in [0.15, 0.2) is 40.6 Å². The normalized spacial score (nSPS) is 10.3. The molecule has 1 amide bonds. The topological polar surface area (TPSA) is 53.2 Å². The third kappa shape index (κ3) is 3.07. The molecule has 0 saturated heterocycles. The van der Waals surface area contributed by atoms with Crippen LogP contribution in [0, 0.1) is 0 Å². The van der Waals surface area contributed by atoms with E-state index in [1.807, 2.05) is 11.4 Å². The molecule has 0 spiro atoms. The van der Waals surface area contributed by atoms with Crippen LogP contribution in [0.4, 0.5) is 0 Å². The van der Waals surface area contributed by atoms with Crippen LogP contribution in [0.5, 0.6) is 0 Å². The highest BCUT2D eigenvalue weighted by atomic mass is 32.1. The van der Waals surface area contributed by atoms with Crippen LogP contribution < -0.4 is 5.56 Å². The zero-order valence-corrected chi connectivity index (χ0v) is 10.9. The Labute approximate surface area is 109 Å². The molecule has 2 aromatic heterocycles. The Morgan fingerprint density at radius 3 is 2.83 bits per heavy atom. The molecule has 1 N–H and O–H groups in total. The molecule has 0 atom stereocenters. The van der Waals surface area contributed by atoms with Gasteiger partial charge in [-0.25, -0.2) is 0 Å².